The van der Waals surface area contributed by atoms with Gasteiger partial charge in [-0.3, -0.25) is 4.98 Å². The number of hydrogen-bond donors (Lipinski definition) is 0. The summed E-state index contributed by atoms with van der Waals surface area (Å²) < 4.78 is 0. The Morgan fingerprint density at radius 3 is 2.45 bits per heavy atom. The summed E-state index contributed by atoms with van der Waals surface area (Å²) in [4.78, 5) is 4.74. The predicted octanol–water partition coefficient (Wildman–Crippen LogP) is 5.36. The topological polar surface area (TPSA) is 12.9 Å². The minimum atomic E-state index is 0.0318. The van der Waals surface area contributed by atoms with Crippen LogP contribution < -0.4 is 0 Å². The van der Waals surface area contributed by atoms with Crippen LogP contribution in [0.25, 0.3) is 22.4 Å². The third kappa shape index (κ3) is 1.82. The molecule has 0 saturated heterocycles. The first-order chi connectivity index (χ1) is 10.6. The molecule has 2 aromatic carbocycles. The van der Waals surface area contributed by atoms with Gasteiger partial charge in [0.2, 0.25) is 0 Å². The summed E-state index contributed by atoms with van der Waals surface area (Å²) >= 11 is 0. The van der Waals surface area contributed by atoms with Crippen LogP contribution in [-0.2, 0) is 5.41 Å². The molecule has 3 aromatic rings. The first-order valence-electron chi connectivity index (χ1n) is 7.75. The second-order valence-corrected chi connectivity index (χ2v) is 6.66. The summed E-state index contributed by atoms with van der Waals surface area (Å²) in [5.74, 6) is 0. The van der Waals surface area contributed by atoms with Crippen molar-refractivity contribution in [2.45, 2.75) is 26.2 Å². The predicted molar refractivity (Wildman–Crippen MR) is 92.0 cm³/mol. The van der Waals surface area contributed by atoms with Gasteiger partial charge in [0, 0.05) is 17.2 Å². The van der Waals surface area contributed by atoms with Gasteiger partial charge in [-0.25, -0.2) is 0 Å². The van der Waals surface area contributed by atoms with Crippen LogP contribution in [0.15, 0.2) is 60.8 Å². The highest BCUT2D eigenvalue weighted by molar-refractivity contribution is 5.82. The molecule has 0 atom stereocenters. The van der Waals surface area contributed by atoms with E-state index >= 15 is 0 Å². The van der Waals surface area contributed by atoms with E-state index in [2.05, 4.69) is 81.6 Å². The van der Waals surface area contributed by atoms with Crippen molar-refractivity contribution in [3.05, 3.63) is 77.5 Å². The van der Waals surface area contributed by atoms with E-state index in [1.165, 1.54) is 33.4 Å². The molecule has 1 nitrogen and oxygen atoms in total. The molecule has 0 aliphatic heterocycles. The van der Waals surface area contributed by atoms with Crippen molar-refractivity contribution >= 4 is 0 Å². The summed E-state index contributed by atoms with van der Waals surface area (Å²) in [7, 11) is 0. The molecule has 0 spiro atoms. The van der Waals surface area contributed by atoms with Gasteiger partial charge < -0.3 is 0 Å². The number of hydrogen-bond acceptors (Lipinski definition) is 1. The number of aromatic nitrogens is 1. The van der Waals surface area contributed by atoms with E-state index in [0.717, 1.165) is 5.69 Å². The molecule has 1 aromatic heterocycles. The van der Waals surface area contributed by atoms with Gasteiger partial charge in [0.05, 0.1) is 5.69 Å². The fourth-order valence-electron chi connectivity index (χ4n) is 3.55. The van der Waals surface area contributed by atoms with Crippen LogP contribution in [0.3, 0.4) is 0 Å². The number of nitrogens with zero attached hydrogens (tertiary/aromatic N) is 1. The Morgan fingerprint density at radius 1 is 0.818 bits per heavy atom. The number of aryl methyl sites for hydroxylation is 1. The van der Waals surface area contributed by atoms with E-state index in [-0.39, 0.29) is 5.41 Å². The summed E-state index contributed by atoms with van der Waals surface area (Å²) in [5, 5.41) is 0. The smallest absolute Gasteiger partial charge is 0.0708 e. The van der Waals surface area contributed by atoms with Crippen LogP contribution in [0.4, 0.5) is 0 Å². The highest BCUT2D eigenvalue weighted by Crippen LogP contribution is 2.48. The molecule has 0 radical (unpaired) electrons. The number of fused-ring (bicyclic) bond motifs is 3. The molecule has 0 amide bonds. The van der Waals surface area contributed by atoms with Crippen molar-refractivity contribution in [2.24, 2.45) is 0 Å². The Bertz CT molecular complexity index is 875. The Labute approximate surface area is 131 Å². The molecule has 22 heavy (non-hydrogen) atoms. The fourth-order valence-corrected chi connectivity index (χ4v) is 3.55. The van der Waals surface area contributed by atoms with Gasteiger partial charge in [-0.1, -0.05) is 61.9 Å². The lowest BCUT2D eigenvalue weighted by Crippen LogP contribution is -2.15. The molecule has 1 heterocycles. The van der Waals surface area contributed by atoms with Crippen LogP contribution >= 0.6 is 0 Å². The molecule has 1 heteroatoms. The molecule has 0 saturated carbocycles. The lowest BCUT2D eigenvalue weighted by atomic mass is 9.83. The maximum Gasteiger partial charge on any atom is 0.0708 e. The van der Waals surface area contributed by atoms with Crippen molar-refractivity contribution in [3.63, 3.8) is 0 Å². The zero-order valence-electron chi connectivity index (χ0n) is 13.2. The average molecular weight is 285 g/mol. The minimum Gasteiger partial charge on any atom is -0.256 e. The van der Waals surface area contributed by atoms with Crippen LogP contribution in [0.5, 0.6) is 0 Å². The first kappa shape index (κ1) is 13.3. The Morgan fingerprint density at radius 2 is 1.64 bits per heavy atom. The summed E-state index contributed by atoms with van der Waals surface area (Å²) in [6.45, 7) is 6.69. The van der Waals surface area contributed by atoms with E-state index in [9.17, 15) is 0 Å². The largest absolute Gasteiger partial charge is 0.256 e. The van der Waals surface area contributed by atoms with Crippen molar-refractivity contribution in [1.29, 1.82) is 0 Å². The molecule has 108 valence electrons. The normalized spacial score (nSPS) is 14.5. The van der Waals surface area contributed by atoms with Gasteiger partial charge in [0.1, 0.15) is 0 Å². The summed E-state index contributed by atoms with van der Waals surface area (Å²) in [5.41, 5.74) is 8.93. The Hall–Kier alpha value is -2.41. The fraction of sp³-hybridized carbons (Fsp3) is 0.190. The number of rotatable bonds is 1. The summed E-state index contributed by atoms with van der Waals surface area (Å²) in [6, 6.07) is 19.5. The van der Waals surface area contributed by atoms with Gasteiger partial charge in [-0.2, -0.15) is 0 Å². The molecular weight excluding hydrogens is 266 g/mol. The van der Waals surface area contributed by atoms with Crippen molar-refractivity contribution in [1.82, 2.24) is 4.98 Å². The lowest BCUT2D eigenvalue weighted by Gasteiger charge is -2.20. The van der Waals surface area contributed by atoms with Gasteiger partial charge in [0.15, 0.2) is 0 Å². The third-order valence-electron chi connectivity index (χ3n) is 4.78. The van der Waals surface area contributed by atoms with Crippen molar-refractivity contribution in [2.75, 3.05) is 0 Å². The molecule has 1 aliphatic rings. The zero-order chi connectivity index (χ0) is 15.3. The number of benzene rings is 2. The van der Waals surface area contributed by atoms with Crippen LogP contribution in [0.1, 0.15) is 30.5 Å². The van der Waals surface area contributed by atoms with E-state index in [1.807, 2.05) is 0 Å². The average Bonchev–Trinajstić information content (AvgIpc) is 2.76. The molecule has 0 bridgehead atoms. The second-order valence-electron chi connectivity index (χ2n) is 6.66. The highest BCUT2D eigenvalue weighted by atomic mass is 14.7. The molecule has 0 N–H and O–H groups in total. The van der Waals surface area contributed by atoms with E-state index < -0.39 is 0 Å². The van der Waals surface area contributed by atoms with Gasteiger partial charge >= 0.3 is 0 Å². The van der Waals surface area contributed by atoms with Gasteiger partial charge in [-0.05, 0) is 41.3 Å². The molecule has 0 unspecified atom stereocenters. The second kappa shape index (κ2) is 4.54. The van der Waals surface area contributed by atoms with E-state index in [1.54, 1.807) is 0 Å². The van der Waals surface area contributed by atoms with Crippen LogP contribution in [-0.4, -0.2) is 4.98 Å². The monoisotopic (exact) mass is 285 g/mol. The summed E-state index contributed by atoms with van der Waals surface area (Å²) in [6.07, 6.45) is 2.06. The van der Waals surface area contributed by atoms with E-state index in [4.69, 9.17) is 4.98 Å². The maximum atomic E-state index is 4.74. The van der Waals surface area contributed by atoms with Crippen LogP contribution in [0, 0.1) is 6.92 Å². The maximum absolute atomic E-state index is 4.74. The standard InChI is InChI=1S/C21H19N/c1-14-7-6-8-15(11-14)20-12-17-16-9-4-5-10-18(16)21(2,3)19(17)13-22-20/h4-13H,1-3H3. The molecule has 1 aliphatic carbocycles. The SMILES string of the molecule is Cc1cccc(-c2cc3c(cn2)C(C)(C)c2ccccc2-3)c1. The molecule has 0 fully saturated rings. The lowest BCUT2D eigenvalue weighted by molar-refractivity contribution is 0.657. The Kier molecular flexibility index (Phi) is 2.74. The zero-order valence-corrected chi connectivity index (χ0v) is 13.2. The van der Waals surface area contributed by atoms with Gasteiger partial charge in [-0.15, -0.1) is 0 Å². The quantitative estimate of drug-likeness (QED) is 0.586. The van der Waals surface area contributed by atoms with Crippen LogP contribution in [0.2, 0.25) is 0 Å². The van der Waals surface area contributed by atoms with Gasteiger partial charge in [0.25, 0.3) is 0 Å². The highest BCUT2D eigenvalue weighted by Gasteiger charge is 2.35. The Balaban J connectivity index is 1.94. The van der Waals surface area contributed by atoms with E-state index in [0.29, 0.717) is 0 Å². The number of pyridine rings is 1. The van der Waals surface area contributed by atoms with Crippen molar-refractivity contribution in [3.8, 4) is 22.4 Å². The first-order valence-corrected chi connectivity index (χ1v) is 7.75. The van der Waals surface area contributed by atoms with Crippen molar-refractivity contribution < 1.29 is 0 Å². The third-order valence-corrected chi connectivity index (χ3v) is 4.78. The minimum absolute atomic E-state index is 0.0318. The molecular formula is C21H19N. The molecule has 4 rings (SSSR count).